The minimum absolute atomic E-state index is 0.418. The minimum Gasteiger partial charge on any atom is -0.316 e. The van der Waals surface area contributed by atoms with Crippen molar-refractivity contribution < 1.29 is 9.59 Å². The van der Waals surface area contributed by atoms with Gasteiger partial charge in [-0.05, 0) is 31.2 Å². The summed E-state index contributed by atoms with van der Waals surface area (Å²) in [5, 5.41) is 4.57. The van der Waals surface area contributed by atoms with Crippen LogP contribution in [-0.2, 0) is 4.79 Å². The SMILES string of the molecule is Cc1cccc(-c2ccc(C#CC3NC(=O)NC3=O)cc2)n1. The Hall–Kier alpha value is -3.13. The third kappa shape index (κ3) is 2.96. The van der Waals surface area contributed by atoms with Gasteiger partial charge in [-0.15, -0.1) is 0 Å². The highest BCUT2D eigenvalue weighted by Crippen LogP contribution is 2.17. The van der Waals surface area contributed by atoms with Crippen LogP contribution in [0.2, 0.25) is 0 Å². The third-order valence-corrected chi connectivity index (χ3v) is 3.20. The topological polar surface area (TPSA) is 71.1 Å². The fourth-order valence-electron chi connectivity index (χ4n) is 2.10. The number of rotatable bonds is 1. The number of pyridine rings is 1. The molecule has 1 fully saturated rings. The van der Waals surface area contributed by atoms with E-state index in [-0.39, 0.29) is 0 Å². The summed E-state index contributed by atoms with van der Waals surface area (Å²) in [6, 6.07) is 12.2. The van der Waals surface area contributed by atoms with E-state index >= 15 is 0 Å². The van der Waals surface area contributed by atoms with Gasteiger partial charge in [-0.2, -0.15) is 0 Å². The molecule has 0 saturated carbocycles. The van der Waals surface area contributed by atoms with Gasteiger partial charge in [-0.1, -0.05) is 30.0 Å². The van der Waals surface area contributed by atoms with E-state index in [1.54, 1.807) is 0 Å². The third-order valence-electron chi connectivity index (χ3n) is 3.20. The van der Waals surface area contributed by atoms with E-state index < -0.39 is 18.0 Å². The molecule has 5 heteroatoms. The van der Waals surface area contributed by atoms with Crippen LogP contribution < -0.4 is 10.6 Å². The lowest BCUT2D eigenvalue weighted by Gasteiger charge is -2.02. The summed E-state index contributed by atoms with van der Waals surface area (Å²) in [4.78, 5) is 26.8. The summed E-state index contributed by atoms with van der Waals surface area (Å²) in [6.45, 7) is 1.95. The van der Waals surface area contributed by atoms with E-state index in [9.17, 15) is 9.59 Å². The summed E-state index contributed by atoms with van der Waals surface area (Å²) >= 11 is 0. The molecule has 0 aliphatic carbocycles. The summed E-state index contributed by atoms with van der Waals surface area (Å²) in [7, 11) is 0. The number of aromatic nitrogens is 1. The standard InChI is InChI=1S/C17H13N3O2/c1-11-3-2-4-14(18-11)13-8-5-12(6-9-13)7-10-15-16(21)20-17(22)19-15/h2-6,8-9,15H,1H3,(H2,19,20,21,22). The number of benzene rings is 1. The van der Waals surface area contributed by atoms with Crippen molar-refractivity contribution in [3.8, 4) is 23.1 Å². The molecule has 1 saturated heterocycles. The Kier molecular flexibility index (Phi) is 3.58. The first kappa shape index (κ1) is 13.8. The highest BCUT2D eigenvalue weighted by atomic mass is 16.2. The number of hydrogen-bond acceptors (Lipinski definition) is 3. The van der Waals surface area contributed by atoms with Gasteiger partial charge in [0.25, 0.3) is 5.91 Å². The van der Waals surface area contributed by atoms with Gasteiger partial charge in [0.1, 0.15) is 0 Å². The van der Waals surface area contributed by atoms with Gasteiger partial charge in [-0.3, -0.25) is 15.1 Å². The van der Waals surface area contributed by atoms with Crippen LogP contribution in [0.3, 0.4) is 0 Å². The normalized spacial score (nSPS) is 16.5. The van der Waals surface area contributed by atoms with E-state index in [0.29, 0.717) is 0 Å². The molecule has 108 valence electrons. The van der Waals surface area contributed by atoms with Crippen LogP contribution in [-0.4, -0.2) is 23.0 Å². The Morgan fingerprint density at radius 3 is 2.50 bits per heavy atom. The van der Waals surface area contributed by atoms with Crippen LogP contribution in [0.1, 0.15) is 11.3 Å². The average Bonchev–Trinajstić information content (AvgIpc) is 2.83. The molecule has 2 heterocycles. The van der Waals surface area contributed by atoms with Gasteiger partial charge in [-0.25, -0.2) is 4.79 Å². The average molecular weight is 291 g/mol. The molecule has 3 rings (SSSR count). The van der Waals surface area contributed by atoms with Crippen molar-refractivity contribution in [3.63, 3.8) is 0 Å². The molecule has 22 heavy (non-hydrogen) atoms. The van der Waals surface area contributed by atoms with Crippen molar-refractivity contribution >= 4 is 11.9 Å². The zero-order valence-electron chi connectivity index (χ0n) is 11.9. The van der Waals surface area contributed by atoms with Crippen LogP contribution in [0.4, 0.5) is 4.79 Å². The Labute approximate surface area is 127 Å². The minimum atomic E-state index is -0.786. The number of carbonyl (C=O) groups is 2. The number of nitrogens with zero attached hydrogens (tertiary/aromatic N) is 1. The lowest BCUT2D eigenvalue weighted by molar-refractivity contribution is -0.119. The van der Waals surface area contributed by atoms with Gasteiger partial charge >= 0.3 is 6.03 Å². The van der Waals surface area contributed by atoms with Crippen molar-refractivity contribution in [3.05, 3.63) is 53.7 Å². The molecular weight excluding hydrogens is 278 g/mol. The molecule has 3 amide bonds. The van der Waals surface area contributed by atoms with E-state index in [2.05, 4.69) is 27.5 Å². The van der Waals surface area contributed by atoms with Crippen molar-refractivity contribution in [2.24, 2.45) is 0 Å². The molecule has 1 aliphatic rings. The lowest BCUT2D eigenvalue weighted by Crippen LogP contribution is -2.26. The number of urea groups is 1. The van der Waals surface area contributed by atoms with E-state index in [0.717, 1.165) is 22.5 Å². The number of carbonyl (C=O) groups excluding carboxylic acids is 2. The molecule has 2 N–H and O–H groups in total. The van der Waals surface area contributed by atoms with Crippen molar-refractivity contribution in [2.45, 2.75) is 13.0 Å². The molecule has 1 aromatic carbocycles. The Morgan fingerprint density at radius 1 is 1.09 bits per heavy atom. The molecular formula is C17H13N3O2. The maximum absolute atomic E-state index is 11.4. The fourth-order valence-corrected chi connectivity index (χ4v) is 2.10. The van der Waals surface area contributed by atoms with Crippen LogP contribution in [0, 0.1) is 18.8 Å². The number of imide groups is 1. The predicted molar refractivity (Wildman–Crippen MR) is 81.8 cm³/mol. The Balaban J connectivity index is 1.78. The number of nitrogens with one attached hydrogen (secondary N) is 2. The van der Waals surface area contributed by atoms with Gasteiger partial charge in [0.05, 0.1) is 5.69 Å². The molecule has 5 nitrogen and oxygen atoms in total. The molecule has 1 atom stereocenters. The maximum Gasteiger partial charge on any atom is 0.322 e. The molecule has 1 unspecified atom stereocenters. The Morgan fingerprint density at radius 2 is 1.86 bits per heavy atom. The second-order valence-corrected chi connectivity index (χ2v) is 4.91. The summed E-state index contributed by atoms with van der Waals surface area (Å²) in [6.07, 6.45) is 0. The second-order valence-electron chi connectivity index (χ2n) is 4.91. The highest BCUT2D eigenvalue weighted by Gasteiger charge is 2.27. The molecule has 2 aromatic rings. The quantitative estimate of drug-likeness (QED) is 0.619. The summed E-state index contributed by atoms with van der Waals surface area (Å²) in [5.74, 6) is 5.20. The fraction of sp³-hybridized carbons (Fsp3) is 0.118. The lowest BCUT2D eigenvalue weighted by atomic mass is 10.1. The van der Waals surface area contributed by atoms with Crippen molar-refractivity contribution in [1.82, 2.24) is 15.6 Å². The zero-order chi connectivity index (χ0) is 15.5. The van der Waals surface area contributed by atoms with Gasteiger partial charge in [0.2, 0.25) is 0 Å². The number of hydrogen-bond donors (Lipinski definition) is 2. The summed E-state index contributed by atoms with van der Waals surface area (Å²) in [5.41, 5.74) is 3.64. The first-order valence-corrected chi connectivity index (χ1v) is 6.79. The second kappa shape index (κ2) is 5.70. The molecule has 1 aromatic heterocycles. The van der Waals surface area contributed by atoms with Crippen LogP contribution >= 0.6 is 0 Å². The first-order valence-electron chi connectivity index (χ1n) is 6.79. The van der Waals surface area contributed by atoms with Crippen LogP contribution in [0.5, 0.6) is 0 Å². The van der Waals surface area contributed by atoms with Crippen molar-refractivity contribution in [1.29, 1.82) is 0 Å². The van der Waals surface area contributed by atoms with E-state index in [4.69, 9.17) is 0 Å². The molecule has 1 aliphatic heterocycles. The zero-order valence-corrected chi connectivity index (χ0v) is 11.9. The first-order chi connectivity index (χ1) is 10.6. The maximum atomic E-state index is 11.4. The number of aryl methyl sites for hydroxylation is 1. The van der Waals surface area contributed by atoms with Crippen molar-refractivity contribution in [2.75, 3.05) is 0 Å². The van der Waals surface area contributed by atoms with Gasteiger partial charge in [0.15, 0.2) is 6.04 Å². The Bertz CT molecular complexity index is 801. The monoisotopic (exact) mass is 291 g/mol. The van der Waals surface area contributed by atoms with Crippen LogP contribution in [0.15, 0.2) is 42.5 Å². The predicted octanol–water partition coefficient (Wildman–Crippen LogP) is 1.62. The molecule has 0 spiro atoms. The number of amides is 3. The molecule has 0 bridgehead atoms. The largest absolute Gasteiger partial charge is 0.322 e. The smallest absolute Gasteiger partial charge is 0.316 e. The van der Waals surface area contributed by atoms with E-state index in [1.165, 1.54) is 0 Å². The van der Waals surface area contributed by atoms with Gasteiger partial charge in [0, 0.05) is 16.8 Å². The highest BCUT2D eigenvalue weighted by molar-refractivity contribution is 6.05. The van der Waals surface area contributed by atoms with Gasteiger partial charge < -0.3 is 5.32 Å². The summed E-state index contributed by atoms with van der Waals surface area (Å²) < 4.78 is 0. The molecule has 0 radical (unpaired) electrons. The van der Waals surface area contributed by atoms with E-state index in [1.807, 2.05) is 49.4 Å². The van der Waals surface area contributed by atoms with Crippen LogP contribution in [0.25, 0.3) is 11.3 Å².